The number of hydrogen-bond acceptors (Lipinski definition) is 4. The molecular formula is C15H14ClCrNO7. The van der Waals surface area contributed by atoms with Crippen LogP contribution < -0.4 is 0 Å². The number of rotatable bonds is 6. The molecule has 0 aromatic heterocycles. The van der Waals surface area contributed by atoms with Crippen molar-refractivity contribution in [1.82, 2.24) is 0 Å². The van der Waals surface area contributed by atoms with Gasteiger partial charge >= 0.3 is 39.9 Å². The van der Waals surface area contributed by atoms with Gasteiger partial charge in [0, 0.05) is 27.3 Å². The van der Waals surface area contributed by atoms with E-state index in [1.807, 2.05) is 0 Å². The average molecular weight is 408 g/mol. The van der Waals surface area contributed by atoms with Crippen LogP contribution in [0.3, 0.4) is 0 Å². The Morgan fingerprint density at radius 3 is 2.00 bits per heavy atom. The standard InChI is InChI=1S/C12H14ClNO4.3CO.Cr/c1-2-18-12(15)7-10(8-14(16)17)9-3-5-11(13)6-4-9;3*1-2;/h3-6,10H,2,7-8H2,1H3;;;;/t10-;;;;/m0..../s1. The number of carbonyl (C=O) groups excluding carboxylic acids is 1. The molecule has 1 aromatic rings. The zero-order chi connectivity index (χ0) is 19.5. The molecule has 0 saturated heterocycles. The van der Waals surface area contributed by atoms with Crippen LogP contribution in [0.4, 0.5) is 0 Å². The number of ether oxygens (including phenoxy) is 1. The molecule has 25 heavy (non-hydrogen) atoms. The maximum atomic E-state index is 11.4. The van der Waals surface area contributed by atoms with E-state index >= 15 is 0 Å². The van der Waals surface area contributed by atoms with Crippen LogP contribution in [0, 0.1) is 30.1 Å². The first-order valence-corrected chi connectivity index (χ1v) is 6.54. The summed E-state index contributed by atoms with van der Waals surface area (Å²) in [6.07, 6.45) is -0.00352. The monoisotopic (exact) mass is 407 g/mol. The van der Waals surface area contributed by atoms with E-state index in [2.05, 4.69) is 20.0 Å². The van der Waals surface area contributed by atoms with E-state index in [0.717, 1.165) is 0 Å². The van der Waals surface area contributed by atoms with Crippen LogP contribution in [-0.4, -0.2) is 24.0 Å². The number of nitrogens with zero attached hydrogens (tertiary/aromatic N) is 1. The zero-order valence-corrected chi connectivity index (χ0v) is 15.1. The second-order valence-electron chi connectivity index (χ2n) is 3.77. The number of benzene rings is 1. The van der Waals surface area contributed by atoms with Crippen molar-refractivity contribution in [3.05, 3.63) is 64.9 Å². The predicted octanol–water partition coefficient (Wildman–Crippen LogP) is 2.54. The first kappa shape index (κ1) is 31.0. The van der Waals surface area contributed by atoms with E-state index in [1.165, 1.54) is 0 Å². The van der Waals surface area contributed by atoms with E-state index in [-0.39, 0.29) is 36.9 Å². The van der Waals surface area contributed by atoms with Crippen molar-refractivity contribution in [2.24, 2.45) is 0 Å². The normalized spacial score (nSPS) is 8.80. The van der Waals surface area contributed by atoms with Gasteiger partial charge in [0.05, 0.1) is 18.9 Å². The summed E-state index contributed by atoms with van der Waals surface area (Å²) in [6, 6.07) is 6.68. The van der Waals surface area contributed by atoms with Gasteiger partial charge in [-0.2, -0.15) is 0 Å². The fraction of sp³-hybridized carbons (Fsp3) is 0.333. The van der Waals surface area contributed by atoms with Crippen molar-refractivity contribution in [2.45, 2.75) is 19.3 Å². The number of esters is 1. The Hall–Kier alpha value is -1.87. The van der Waals surface area contributed by atoms with Gasteiger partial charge in [0.1, 0.15) is 0 Å². The molecule has 0 spiro atoms. The maximum absolute atomic E-state index is 11.4. The largest absolute Gasteiger partial charge is 0 e. The molecule has 134 valence electrons. The van der Waals surface area contributed by atoms with E-state index < -0.39 is 16.8 Å². The quantitative estimate of drug-likeness (QED) is 0.236. The third-order valence-electron chi connectivity index (χ3n) is 2.43. The SMILES string of the molecule is CCOC(=O)C[C@@H](C[N+](=O)[O-])c1ccc(Cl)cc1.[C-]#[O+].[C-]#[O+].[C-]#[O+].[Cr]. The Kier molecular flexibility index (Phi) is 27.4. The molecule has 0 unspecified atom stereocenters. The van der Waals surface area contributed by atoms with Crippen LogP contribution in [-0.2, 0) is 40.8 Å². The van der Waals surface area contributed by atoms with E-state index in [4.69, 9.17) is 30.3 Å². The van der Waals surface area contributed by atoms with Gasteiger partial charge in [-0.1, -0.05) is 23.7 Å². The van der Waals surface area contributed by atoms with E-state index in [0.29, 0.717) is 10.6 Å². The minimum absolute atomic E-state index is 0. The molecule has 0 aliphatic heterocycles. The van der Waals surface area contributed by atoms with Crippen LogP contribution in [0.5, 0.6) is 0 Å². The second-order valence-corrected chi connectivity index (χ2v) is 4.21. The summed E-state index contributed by atoms with van der Waals surface area (Å²) >= 11 is 5.75. The van der Waals surface area contributed by atoms with Crippen LogP contribution in [0.1, 0.15) is 24.8 Å². The fourth-order valence-corrected chi connectivity index (χ4v) is 1.75. The first-order chi connectivity index (χ1) is 11.5. The molecule has 0 fully saturated rings. The molecule has 1 rings (SSSR count). The first-order valence-electron chi connectivity index (χ1n) is 6.17. The minimum Gasteiger partial charge on any atom is 0 e. The molecular weight excluding hydrogens is 394 g/mol. The van der Waals surface area contributed by atoms with Crippen molar-refractivity contribution >= 4 is 17.6 Å². The molecule has 0 aliphatic rings. The van der Waals surface area contributed by atoms with Crippen molar-refractivity contribution < 1.29 is 45.8 Å². The Balaban J connectivity index is -0.000000284. The smallest absolute Gasteiger partial charge is 0 e. The Labute approximate surface area is 160 Å². The average Bonchev–Trinajstić information content (AvgIpc) is 2.60. The van der Waals surface area contributed by atoms with E-state index in [1.54, 1.807) is 31.2 Å². The van der Waals surface area contributed by atoms with Gasteiger partial charge in [-0.05, 0) is 24.6 Å². The fourth-order valence-electron chi connectivity index (χ4n) is 1.62. The van der Waals surface area contributed by atoms with Crippen LogP contribution in [0.15, 0.2) is 24.3 Å². The second kappa shape index (κ2) is 22.1. The predicted molar refractivity (Wildman–Crippen MR) is 79.1 cm³/mol. The van der Waals surface area contributed by atoms with Gasteiger partial charge < -0.3 is 4.74 Å². The summed E-state index contributed by atoms with van der Waals surface area (Å²) in [6.45, 7) is 15.2. The van der Waals surface area contributed by atoms with Crippen molar-refractivity contribution in [3.8, 4) is 0 Å². The molecule has 0 heterocycles. The Bertz CT molecular complexity index is 529. The third-order valence-corrected chi connectivity index (χ3v) is 2.68. The summed E-state index contributed by atoms with van der Waals surface area (Å²) in [5.74, 6) is -0.921. The Morgan fingerprint density at radius 1 is 1.20 bits per heavy atom. The summed E-state index contributed by atoms with van der Waals surface area (Å²) < 4.78 is 27.3. The maximum Gasteiger partial charge on any atom is 0 e. The van der Waals surface area contributed by atoms with Crippen molar-refractivity contribution in [3.63, 3.8) is 0 Å². The molecule has 0 bridgehead atoms. The molecule has 0 amide bonds. The van der Waals surface area contributed by atoms with Gasteiger partial charge in [-0.3, -0.25) is 14.9 Å². The number of carbonyl (C=O) groups is 1. The van der Waals surface area contributed by atoms with Gasteiger partial charge in [0.2, 0.25) is 6.54 Å². The summed E-state index contributed by atoms with van der Waals surface area (Å²) in [5, 5.41) is 11.2. The molecule has 1 atom stereocenters. The molecule has 10 heteroatoms. The van der Waals surface area contributed by atoms with Crippen molar-refractivity contribution in [1.29, 1.82) is 0 Å². The van der Waals surface area contributed by atoms with Crippen molar-refractivity contribution in [2.75, 3.05) is 13.2 Å². The van der Waals surface area contributed by atoms with E-state index in [9.17, 15) is 14.9 Å². The molecule has 0 aliphatic carbocycles. The van der Waals surface area contributed by atoms with Crippen LogP contribution >= 0.6 is 11.6 Å². The van der Waals surface area contributed by atoms with Gasteiger partial charge in [0.15, 0.2) is 0 Å². The third kappa shape index (κ3) is 16.8. The summed E-state index contributed by atoms with van der Waals surface area (Å²) in [7, 11) is 0. The van der Waals surface area contributed by atoms with Gasteiger partial charge in [-0.25, -0.2) is 0 Å². The molecule has 0 N–H and O–H groups in total. The molecule has 1 aromatic carbocycles. The molecule has 0 radical (unpaired) electrons. The summed E-state index contributed by atoms with van der Waals surface area (Å²) in [4.78, 5) is 21.6. The minimum atomic E-state index is -0.490. The van der Waals surface area contributed by atoms with Crippen LogP contribution in [0.25, 0.3) is 0 Å². The molecule has 8 nitrogen and oxygen atoms in total. The topological polar surface area (TPSA) is 129 Å². The van der Waals surface area contributed by atoms with Gasteiger partial charge in [-0.15, -0.1) is 0 Å². The summed E-state index contributed by atoms with van der Waals surface area (Å²) in [5.41, 5.74) is 0.712. The van der Waals surface area contributed by atoms with Crippen LogP contribution in [0.2, 0.25) is 5.02 Å². The number of halogens is 1. The number of hydrogen-bond donors (Lipinski definition) is 0. The Morgan fingerprint density at radius 2 is 1.64 bits per heavy atom. The molecule has 0 saturated carbocycles. The van der Waals surface area contributed by atoms with Gasteiger partial charge in [0.25, 0.3) is 0 Å². The zero-order valence-electron chi connectivity index (χ0n) is 13.1. The number of nitro groups is 1.